The molecular weight excluding hydrogens is 910 g/mol. The van der Waals surface area contributed by atoms with Crippen molar-refractivity contribution >= 4 is 74.5 Å². The highest BCUT2D eigenvalue weighted by atomic mass is 16.3. The van der Waals surface area contributed by atoms with Crippen LogP contribution in [-0.2, 0) is 32.5 Å². The van der Waals surface area contributed by atoms with E-state index in [0.29, 0.717) is 0 Å². The van der Waals surface area contributed by atoms with E-state index in [-0.39, 0.29) is 39.2 Å². The van der Waals surface area contributed by atoms with Crippen molar-refractivity contribution in [3.05, 3.63) is 191 Å². The molecule has 2 aliphatic heterocycles. The van der Waals surface area contributed by atoms with Crippen LogP contribution < -0.4 is 31.3 Å². The monoisotopic (exact) mass is 986 g/mol. The number of rotatable bonds is 6. The molecule has 0 unspecified atom stereocenters. The maximum absolute atomic E-state index is 7.89. The standard InChI is InChI=1S/C70H76BN3O/c1-65(2,3)46-30-33-50(34-31-46)73-56-43-51(72(48-26-20-16-21-27-48)49-28-22-17-23-29-49)44-57-60(56)71(64-62(73)59-63(75-64)70(13,14)41-40-69(59,11)12)54-36-35-53-58(68(9,10)39-38-67(53,7)8)61(54)74(57)55-37-32-47(66(4,5)6)42-52(55)45-24-18-15-19-25-45/h15-37,42-44H,38-41H2,1-14H3. The van der Waals surface area contributed by atoms with Crippen LogP contribution >= 0.6 is 0 Å². The van der Waals surface area contributed by atoms with Crippen LogP contribution in [0.2, 0.25) is 0 Å². The Hall–Kier alpha value is -6.72. The fraction of sp³-hybridized carbons (Fsp3) is 0.343. The van der Waals surface area contributed by atoms with E-state index in [1.807, 2.05) is 0 Å². The summed E-state index contributed by atoms with van der Waals surface area (Å²) < 4.78 is 7.89. The predicted octanol–water partition coefficient (Wildman–Crippen LogP) is 17.8. The van der Waals surface area contributed by atoms with Crippen molar-refractivity contribution in [1.82, 2.24) is 0 Å². The van der Waals surface area contributed by atoms with Crippen LogP contribution in [0.1, 0.15) is 156 Å². The van der Waals surface area contributed by atoms with E-state index < -0.39 is 0 Å². The van der Waals surface area contributed by atoms with Gasteiger partial charge in [0, 0.05) is 50.7 Å². The van der Waals surface area contributed by atoms with Crippen molar-refractivity contribution in [1.29, 1.82) is 0 Å². The number of fused-ring (bicyclic) bond motifs is 8. The SMILES string of the molecule is CC(C)(C)c1ccc(N2c3cc(N(c4ccccc4)c4ccccc4)cc4c3B(c3ccc5c(c3N4c3ccc(C(C)(C)C)cc3-c3ccccc3)C(C)(C)CCC5(C)C)c3oc4c(c32)C(C)(C)CCC4(C)C)cc1. The highest BCUT2D eigenvalue weighted by Gasteiger charge is 2.54. The molecule has 0 atom stereocenters. The molecule has 0 amide bonds. The molecule has 3 heterocycles. The first kappa shape index (κ1) is 49.2. The van der Waals surface area contributed by atoms with E-state index >= 15 is 0 Å². The second-order valence-electron chi connectivity index (χ2n) is 27.1. The summed E-state index contributed by atoms with van der Waals surface area (Å²) in [4.78, 5) is 7.85. The van der Waals surface area contributed by atoms with E-state index in [2.05, 4.69) is 269 Å². The second kappa shape index (κ2) is 16.9. The van der Waals surface area contributed by atoms with Crippen molar-refractivity contribution in [3.63, 3.8) is 0 Å². The zero-order chi connectivity index (χ0) is 52.8. The van der Waals surface area contributed by atoms with Crippen LogP contribution in [0.3, 0.4) is 0 Å². The Balaban J connectivity index is 1.30. The van der Waals surface area contributed by atoms with Crippen molar-refractivity contribution in [2.45, 2.75) is 155 Å². The molecule has 0 spiro atoms. The van der Waals surface area contributed by atoms with Gasteiger partial charge in [-0.25, -0.2) is 0 Å². The highest BCUT2D eigenvalue weighted by molar-refractivity contribution is 6.99. The maximum atomic E-state index is 7.89. The first-order valence-corrected chi connectivity index (χ1v) is 27.8. The van der Waals surface area contributed by atoms with Gasteiger partial charge in [-0.3, -0.25) is 0 Å². The lowest BCUT2D eigenvalue weighted by Crippen LogP contribution is -2.62. The number of benzene rings is 7. The van der Waals surface area contributed by atoms with E-state index in [9.17, 15) is 0 Å². The van der Waals surface area contributed by atoms with Crippen molar-refractivity contribution in [2.24, 2.45) is 0 Å². The number of anilines is 9. The summed E-state index contributed by atoms with van der Waals surface area (Å²) in [7, 11) is 0. The summed E-state index contributed by atoms with van der Waals surface area (Å²) in [5, 5.41) is 0. The fourth-order valence-corrected chi connectivity index (χ4v) is 13.4. The number of para-hydroxylation sites is 2. The zero-order valence-electron chi connectivity index (χ0n) is 47.2. The zero-order valence-corrected chi connectivity index (χ0v) is 47.2. The smallest absolute Gasteiger partial charge is 0.297 e. The fourth-order valence-electron chi connectivity index (χ4n) is 13.4. The van der Waals surface area contributed by atoms with Gasteiger partial charge in [-0.05, 0) is 152 Å². The molecule has 75 heavy (non-hydrogen) atoms. The summed E-state index contributed by atoms with van der Waals surface area (Å²) in [6.07, 6.45) is 4.35. The minimum atomic E-state index is -0.185. The lowest BCUT2D eigenvalue weighted by atomic mass is 9.34. The molecule has 2 aliphatic carbocycles. The van der Waals surface area contributed by atoms with Gasteiger partial charge in [0.05, 0.1) is 22.7 Å². The molecule has 0 N–H and O–H groups in total. The number of furan rings is 1. The van der Waals surface area contributed by atoms with Gasteiger partial charge in [0.1, 0.15) is 5.76 Å². The molecule has 8 aromatic rings. The average molecular weight is 986 g/mol. The quantitative estimate of drug-likeness (QED) is 0.155. The van der Waals surface area contributed by atoms with Crippen molar-refractivity contribution in [2.75, 3.05) is 14.7 Å². The van der Waals surface area contributed by atoms with Gasteiger partial charge in [0.15, 0.2) is 0 Å². The third-order valence-corrected chi connectivity index (χ3v) is 17.9. The Morgan fingerprint density at radius 1 is 0.467 bits per heavy atom. The largest absolute Gasteiger partial charge is 0.472 e. The molecule has 0 saturated carbocycles. The highest BCUT2D eigenvalue weighted by Crippen LogP contribution is 2.59. The van der Waals surface area contributed by atoms with Gasteiger partial charge in [-0.2, -0.15) is 0 Å². The van der Waals surface area contributed by atoms with Crippen LogP contribution in [0.4, 0.5) is 51.2 Å². The van der Waals surface area contributed by atoms with E-state index in [0.717, 1.165) is 59.9 Å². The normalized spacial score (nSPS) is 17.6. The van der Waals surface area contributed by atoms with Gasteiger partial charge in [0.2, 0.25) is 0 Å². The van der Waals surface area contributed by atoms with Crippen LogP contribution in [-0.4, -0.2) is 6.71 Å². The molecule has 1 aromatic heterocycles. The van der Waals surface area contributed by atoms with E-state index in [4.69, 9.17) is 4.42 Å². The average Bonchev–Trinajstić information content (AvgIpc) is 3.82. The lowest BCUT2D eigenvalue weighted by molar-refractivity contribution is 0.282. The van der Waals surface area contributed by atoms with Gasteiger partial charge in [-0.1, -0.05) is 194 Å². The predicted molar refractivity (Wildman–Crippen MR) is 321 cm³/mol. The van der Waals surface area contributed by atoms with E-state index in [1.54, 1.807) is 0 Å². The van der Waals surface area contributed by atoms with Gasteiger partial charge < -0.3 is 19.1 Å². The van der Waals surface area contributed by atoms with Crippen LogP contribution in [0, 0.1) is 0 Å². The Labute approximate surface area is 448 Å². The molecule has 12 rings (SSSR count). The minimum Gasteiger partial charge on any atom is -0.472 e. The number of hydrogen-bond donors (Lipinski definition) is 0. The molecule has 0 fully saturated rings. The summed E-state index contributed by atoms with van der Waals surface area (Å²) in [5.41, 5.74) is 22.9. The third kappa shape index (κ3) is 7.84. The Kier molecular flexibility index (Phi) is 11.1. The molecule has 380 valence electrons. The van der Waals surface area contributed by atoms with Gasteiger partial charge >= 0.3 is 0 Å². The molecule has 7 aromatic carbocycles. The van der Waals surface area contributed by atoms with Gasteiger partial charge in [0.25, 0.3) is 6.71 Å². The van der Waals surface area contributed by atoms with Crippen LogP contribution in [0.5, 0.6) is 0 Å². The van der Waals surface area contributed by atoms with Gasteiger partial charge in [-0.15, -0.1) is 0 Å². The number of hydrogen-bond acceptors (Lipinski definition) is 4. The molecule has 0 saturated heterocycles. The Morgan fingerprint density at radius 2 is 0.987 bits per heavy atom. The molecule has 4 nitrogen and oxygen atoms in total. The topological polar surface area (TPSA) is 22.9 Å². The maximum Gasteiger partial charge on any atom is 0.297 e. The van der Waals surface area contributed by atoms with Crippen molar-refractivity contribution < 1.29 is 4.42 Å². The molecule has 0 radical (unpaired) electrons. The van der Waals surface area contributed by atoms with E-state index in [1.165, 1.54) is 78.3 Å². The summed E-state index contributed by atoms with van der Waals surface area (Å²) in [5.74, 6) is 1.14. The third-order valence-electron chi connectivity index (χ3n) is 17.9. The summed E-state index contributed by atoms with van der Waals surface area (Å²) in [6.45, 7) is 33.5. The minimum absolute atomic E-state index is 0.00680. The molecule has 4 aliphatic rings. The number of nitrogens with zero attached hydrogens (tertiary/aromatic N) is 3. The first-order chi connectivity index (χ1) is 35.5. The Bertz CT molecular complexity index is 3470. The molecule has 0 bridgehead atoms. The summed E-state index contributed by atoms with van der Waals surface area (Å²) in [6, 6.07) is 60.0. The Morgan fingerprint density at radius 3 is 1.57 bits per heavy atom. The molecular formula is C70H76BN3O. The van der Waals surface area contributed by atoms with Crippen molar-refractivity contribution in [3.8, 4) is 11.1 Å². The first-order valence-electron chi connectivity index (χ1n) is 27.8. The summed E-state index contributed by atoms with van der Waals surface area (Å²) >= 11 is 0. The van der Waals surface area contributed by atoms with Crippen LogP contribution in [0.25, 0.3) is 11.1 Å². The molecule has 5 heteroatoms. The van der Waals surface area contributed by atoms with Crippen LogP contribution in [0.15, 0.2) is 162 Å². The lowest BCUT2D eigenvalue weighted by Gasteiger charge is -2.49. The second-order valence-corrected chi connectivity index (χ2v) is 27.1.